The molecule has 4 heteroatoms. The summed E-state index contributed by atoms with van der Waals surface area (Å²) in [5.74, 6) is 0.799. The minimum atomic E-state index is -0.169. The van der Waals surface area contributed by atoms with Gasteiger partial charge in [-0.25, -0.2) is 0 Å². The van der Waals surface area contributed by atoms with Gasteiger partial charge in [0.05, 0.1) is 6.61 Å². The highest BCUT2D eigenvalue weighted by molar-refractivity contribution is 5.88. The van der Waals surface area contributed by atoms with Gasteiger partial charge in [0.25, 0.3) is 0 Å². The summed E-state index contributed by atoms with van der Waals surface area (Å²) in [5.41, 5.74) is 4.19. The van der Waals surface area contributed by atoms with E-state index in [-0.39, 0.29) is 5.97 Å². The number of carbonyl (C=O) groups excluding carboxylic acids is 1. The van der Waals surface area contributed by atoms with Crippen molar-refractivity contribution >= 4 is 16.9 Å². The summed E-state index contributed by atoms with van der Waals surface area (Å²) in [6, 6.07) is 7.22. The number of H-pyrrole nitrogens is 1. The average Bonchev–Trinajstić information content (AvgIpc) is 2.99. The first-order chi connectivity index (χ1) is 11.7. The van der Waals surface area contributed by atoms with Crippen LogP contribution in [0.15, 0.2) is 24.4 Å². The van der Waals surface area contributed by atoms with E-state index in [1.807, 2.05) is 0 Å². The Morgan fingerprint density at radius 3 is 3.08 bits per heavy atom. The topological polar surface area (TPSA) is 45.3 Å². The van der Waals surface area contributed by atoms with E-state index < -0.39 is 0 Å². The molecule has 4 nitrogen and oxygen atoms in total. The lowest BCUT2D eigenvalue weighted by Gasteiger charge is -2.47. The molecular formula is C20H26N2O2. The zero-order chi connectivity index (χ0) is 16.7. The summed E-state index contributed by atoms with van der Waals surface area (Å²) in [6.45, 7) is 6.46. The van der Waals surface area contributed by atoms with Gasteiger partial charge in [0, 0.05) is 48.4 Å². The number of rotatable bonds is 4. The van der Waals surface area contributed by atoms with E-state index in [1.54, 1.807) is 0 Å². The maximum atomic E-state index is 11.2. The Morgan fingerprint density at radius 2 is 2.29 bits per heavy atom. The van der Waals surface area contributed by atoms with Crippen LogP contribution in [0.5, 0.6) is 0 Å². The molecule has 0 spiro atoms. The molecule has 0 bridgehead atoms. The standard InChI is InChI=1S/C20H26N2O2/c1-3-7-22-11-14(12-24-13(2)23)8-17-16-5-4-6-18-20(16)15(10-21-18)9-19(17)22/h4-6,10,14,17,19,21H,3,7-9,11-12H2,1-2H3/t14-,17?,19-/m1/s1. The van der Waals surface area contributed by atoms with E-state index in [9.17, 15) is 4.79 Å². The Morgan fingerprint density at radius 1 is 1.42 bits per heavy atom. The van der Waals surface area contributed by atoms with E-state index in [1.165, 1.54) is 29.0 Å². The van der Waals surface area contributed by atoms with Crippen LogP contribution in [0.1, 0.15) is 43.7 Å². The lowest BCUT2D eigenvalue weighted by atomic mass is 9.72. The molecule has 2 heterocycles. The predicted molar refractivity (Wildman–Crippen MR) is 95.1 cm³/mol. The van der Waals surface area contributed by atoms with E-state index in [0.717, 1.165) is 32.4 Å². The van der Waals surface area contributed by atoms with E-state index in [2.05, 4.69) is 41.2 Å². The van der Waals surface area contributed by atoms with Crippen LogP contribution in [-0.4, -0.2) is 41.6 Å². The number of nitrogens with one attached hydrogen (secondary N) is 1. The molecule has 2 aliphatic rings. The Hall–Kier alpha value is -1.81. The van der Waals surface area contributed by atoms with Gasteiger partial charge in [0.2, 0.25) is 0 Å². The number of aromatic amines is 1. The molecule has 1 fully saturated rings. The van der Waals surface area contributed by atoms with Crippen molar-refractivity contribution in [3.05, 3.63) is 35.5 Å². The smallest absolute Gasteiger partial charge is 0.302 e. The molecule has 1 aromatic carbocycles. The highest BCUT2D eigenvalue weighted by Gasteiger charge is 2.40. The fraction of sp³-hybridized carbons (Fsp3) is 0.550. The van der Waals surface area contributed by atoms with Gasteiger partial charge in [-0.3, -0.25) is 9.69 Å². The number of fused-ring (bicyclic) bond motifs is 2. The molecule has 0 saturated carbocycles. The molecule has 4 rings (SSSR count). The van der Waals surface area contributed by atoms with Crippen molar-refractivity contribution in [2.75, 3.05) is 19.7 Å². The van der Waals surface area contributed by atoms with Crippen LogP contribution in [0.25, 0.3) is 10.9 Å². The molecule has 0 radical (unpaired) electrons. The van der Waals surface area contributed by atoms with E-state index in [4.69, 9.17) is 4.74 Å². The first-order valence-electron chi connectivity index (χ1n) is 9.13. The fourth-order valence-electron chi connectivity index (χ4n) is 4.80. The van der Waals surface area contributed by atoms with Crippen LogP contribution in [0, 0.1) is 5.92 Å². The third kappa shape index (κ3) is 2.63. The zero-order valence-corrected chi connectivity index (χ0v) is 14.5. The molecule has 1 N–H and O–H groups in total. The van der Waals surface area contributed by atoms with Crippen molar-refractivity contribution in [1.29, 1.82) is 0 Å². The number of benzene rings is 1. The molecule has 128 valence electrons. The van der Waals surface area contributed by atoms with Crippen LogP contribution in [0.3, 0.4) is 0 Å². The summed E-state index contributed by atoms with van der Waals surface area (Å²) < 4.78 is 5.34. The van der Waals surface area contributed by atoms with Crippen molar-refractivity contribution in [1.82, 2.24) is 9.88 Å². The number of likely N-dealkylation sites (tertiary alicyclic amines) is 1. The second-order valence-electron chi connectivity index (χ2n) is 7.36. The summed E-state index contributed by atoms with van der Waals surface area (Å²) in [4.78, 5) is 17.3. The lowest BCUT2D eigenvalue weighted by molar-refractivity contribution is -0.143. The van der Waals surface area contributed by atoms with Crippen molar-refractivity contribution in [2.24, 2.45) is 5.92 Å². The summed E-state index contributed by atoms with van der Waals surface area (Å²) in [5, 5.41) is 1.43. The normalized spacial score (nSPS) is 26.3. The van der Waals surface area contributed by atoms with Gasteiger partial charge in [-0.05, 0) is 43.0 Å². The van der Waals surface area contributed by atoms with Crippen molar-refractivity contribution in [3.63, 3.8) is 0 Å². The Kier molecular flexibility index (Phi) is 4.09. The highest BCUT2D eigenvalue weighted by Crippen LogP contribution is 2.44. The van der Waals surface area contributed by atoms with Gasteiger partial charge < -0.3 is 9.72 Å². The van der Waals surface area contributed by atoms with Crippen LogP contribution in [0.2, 0.25) is 0 Å². The van der Waals surface area contributed by atoms with Gasteiger partial charge in [-0.2, -0.15) is 0 Å². The first kappa shape index (κ1) is 15.7. The molecule has 3 atom stereocenters. The monoisotopic (exact) mass is 326 g/mol. The van der Waals surface area contributed by atoms with Gasteiger partial charge >= 0.3 is 5.97 Å². The quantitative estimate of drug-likeness (QED) is 0.875. The second-order valence-corrected chi connectivity index (χ2v) is 7.36. The van der Waals surface area contributed by atoms with Crippen LogP contribution in [-0.2, 0) is 16.0 Å². The number of carbonyl (C=O) groups is 1. The van der Waals surface area contributed by atoms with Crippen LogP contribution >= 0.6 is 0 Å². The third-order valence-electron chi connectivity index (χ3n) is 5.69. The number of piperidine rings is 1. The third-order valence-corrected chi connectivity index (χ3v) is 5.69. The van der Waals surface area contributed by atoms with Gasteiger partial charge in [0.15, 0.2) is 0 Å². The van der Waals surface area contributed by atoms with E-state index in [0.29, 0.717) is 24.5 Å². The second kappa shape index (κ2) is 6.25. The number of esters is 1. The molecule has 1 aliphatic carbocycles. The molecule has 2 aromatic rings. The Labute approximate surface area is 143 Å². The van der Waals surface area contributed by atoms with Gasteiger partial charge in [0.1, 0.15) is 0 Å². The highest BCUT2D eigenvalue weighted by atomic mass is 16.5. The van der Waals surface area contributed by atoms with Crippen molar-refractivity contribution in [3.8, 4) is 0 Å². The molecule has 1 aromatic heterocycles. The summed E-state index contributed by atoms with van der Waals surface area (Å²) in [6.07, 6.45) is 5.59. The number of ether oxygens (including phenoxy) is 1. The zero-order valence-electron chi connectivity index (χ0n) is 14.5. The minimum absolute atomic E-state index is 0.169. The van der Waals surface area contributed by atoms with Gasteiger partial charge in [-0.1, -0.05) is 19.1 Å². The van der Waals surface area contributed by atoms with Crippen LogP contribution in [0.4, 0.5) is 0 Å². The molecule has 1 aliphatic heterocycles. The van der Waals surface area contributed by atoms with Crippen molar-refractivity contribution < 1.29 is 9.53 Å². The molecule has 1 unspecified atom stereocenters. The summed E-state index contributed by atoms with van der Waals surface area (Å²) in [7, 11) is 0. The number of hydrogen-bond donors (Lipinski definition) is 1. The first-order valence-corrected chi connectivity index (χ1v) is 9.13. The largest absolute Gasteiger partial charge is 0.466 e. The number of nitrogens with zero attached hydrogens (tertiary/aromatic N) is 1. The van der Waals surface area contributed by atoms with Gasteiger partial charge in [-0.15, -0.1) is 0 Å². The number of aromatic nitrogens is 1. The molecule has 24 heavy (non-hydrogen) atoms. The fourth-order valence-corrected chi connectivity index (χ4v) is 4.80. The number of hydrogen-bond acceptors (Lipinski definition) is 3. The molecule has 0 amide bonds. The van der Waals surface area contributed by atoms with Crippen LogP contribution < -0.4 is 0 Å². The Bertz CT molecular complexity index is 751. The maximum Gasteiger partial charge on any atom is 0.302 e. The Balaban J connectivity index is 1.68. The minimum Gasteiger partial charge on any atom is -0.466 e. The maximum absolute atomic E-state index is 11.2. The van der Waals surface area contributed by atoms with Crippen molar-refractivity contribution in [2.45, 2.75) is 45.1 Å². The summed E-state index contributed by atoms with van der Waals surface area (Å²) >= 11 is 0. The lowest BCUT2D eigenvalue weighted by Crippen LogP contribution is -2.51. The SMILES string of the molecule is CCCN1C[C@H](COC(C)=O)CC2c3cccc4[nH]cc(c34)C[C@H]21. The molecule has 1 saturated heterocycles. The predicted octanol–water partition coefficient (Wildman–Crippen LogP) is 3.47. The van der Waals surface area contributed by atoms with E-state index >= 15 is 0 Å². The molecular weight excluding hydrogens is 300 g/mol. The average molecular weight is 326 g/mol.